The van der Waals surface area contributed by atoms with Gasteiger partial charge in [0.2, 0.25) is 5.91 Å². The third kappa shape index (κ3) is 4.58. The van der Waals surface area contributed by atoms with E-state index in [-0.39, 0.29) is 18.0 Å². The molecule has 2 rings (SSSR count). The first-order chi connectivity index (χ1) is 10.6. The monoisotopic (exact) mass is 299 g/mol. The topological polar surface area (TPSA) is 46.6 Å². The molecule has 0 aliphatic carbocycles. The summed E-state index contributed by atoms with van der Waals surface area (Å²) in [5, 5.41) is 0. The molecule has 0 aromatic heterocycles. The molecule has 0 N–H and O–H groups in total. The lowest BCUT2D eigenvalue weighted by Gasteiger charge is -2.31. The number of likely N-dealkylation sites (tertiary alicyclic amines) is 1. The van der Waals surface area contributed by atoms with Crippen LogP contribution in [0.1, 0.15) is 25.3 Å². The lowest BCUT2D eigenvalue weighted by atomic mass is 10.1. The molecule has 1 aliphatic heterocycles. The van der Waals surface area contributed by atoms with Gasteiger partial charge in [0.25, 0.3) is 0 Å². The average molecular weight is 299 g/mol. The molecule has 1 heterocycles. The molecule has 1 saturated heterocycles. The Bertz CT molecular complexity index is 569. The fourth-order valence-corrected chi connectivity index (χ4v) is 2.28. The number of hydrogen-bond donors (Lipinski definition) is 0. The first-order valence-corrected chi connectivity index (χ1v) is 7.45. The second-order valence-corrected chi connectivity index (χ2v) is 5.45. The SMILES string of the molecule is C=C(C)C(=O)OC1CCN(C(=O)/C=C/c2ccccc2)CC1. The Morgan fingerprint density at radius 3 is 2.45 bits per heavy atom. The lowest BCUT2D eigenvalue weighted by molar-refractivity contribution is -0.147. The Labute approximate surface area is 131 Å². The van der Waals surface area contributed by atoms with Gasteiger partial charge in [-0.3, -0.25) is 4.79 Å². The predicted octanol–water partition coefficient (Wildman–Crippen LogP) is 2.81. The number of carbonyl (C=O) groups excluding carboxylic acids is 2. The van der Waals surface area contributed by atoms with Crippen molar-refractivity contribution in [3.05, 3.63) is 54.1 Å². The molecular formula is C18H21NO3. The minimum absolute atomic E-state index is 0.00599. The molecular weight excluding hydrogens is 278 g/mol. The Balaban J connectivity index is 1.81. The van der Waals surface area contributed by atoms with Gasteiger partial charge in [-0.05, 0) is 18.6 Å². The maximum Gasteiger partial charge on any atom is 0.333 e. The van der Waals surface area contributed by atoms with Crippen LogP contribution < -0.4 is 0 Å². The van der Waals surface area contributed by atoms with Crippen LogP contribution in [-0.4, -0.2) is 36.0 Å². The first-order valence-electron chi connectivity index (χ1n) is 7.45. The summed E-state index contributed by atoms with van der Waals surface area (Å²) in [5.41, 5.74) is 1.41. The van der Waals surface area contributed by atoms with Gasteiger partial charge in [0, 0.05) is 37.6 Å². The maximum atomic E-state index is 12.1. The number of nitrogens with zero attached hydrogens (tertiary/aromatic N) is 1. The Morgan fingerprint density at radius 1 is 1.23 bits per heavy atom. The molecule has 1 amide bonds. The summed E-state index contributed by atoms with van der Waals surface area (Å²) in [7, 11) is 0. The van der Waals surface area contributed by atoms with Crippen LogP contribution in [0.25, 0.3) is 6.08 Å². The molecule has 1 aliphatic rings. The number of esters is 1. The van der Waals surface area contributed by atoms with Crippen molar-refractivity contribution in [3.63, 3.8) is 0 Å². The summed E-state index contributed by atoms with van der Waals surface area (Å²) < 4.78 is 5.32. The summed E-state index contributed by atoms with van der Waals surface area (Å²) in [6, 6.07) is 9.72. The van der Waals surface area contributed by atoms with Crippen LogP contribution in [-0.2, 0) is 14.3 Å². The number of benzene rings is 1. The molecule has 0 unspecified atom stereocenters. The van der Waals surface area contributed by atoms with Crippen molar-refractivity contribution in [2.75, 3.05) is 13.1 Å². The van der Waals surface area contributed by atoms with Crippen molar-refractivity contribution in [1.82, 2.24) is 4.90 Å². The van der Waals surface area contributed by atoms with E-state index in [9.17, 15) is 9.59 Å². The molecule has 0 bridgehead atoms. The second kappa shape index (κ2) is 7.59. The average Bonchev–Trinajstić information content (AvgIpc) is 2.54. The second-order valence-electron chi connectivity index (χ2n) is 5.45. The molecule has 1 fully saturated rings. The highest BCUT2D eigenvalue weighted by Crippen LogP contribution is 2.15. The fourth-order valence-electron chi connectivity index (χ4n) is 2.28. The zero-order chi connectivity index (χ0) is 15.9. The molecule has 0 saturated carbocycles. The zero-order valence-electron chi connectivity index (χ0n) is 12.8. The van der Waals surface area contributed by atoms with Gasteiger partial charge in [0.05, 0.1) is 0 Å². The van der Waals surface area contributed by atoms with Crippen LogP contribution in [0.2, 0.25) is 0 Å². The third-order valence-electron chi connectivity index (χ3n) is 3.59. The van der Waals surface area contributed by atoms with Crippen LogP contribution in [0.5, 0.6) is 0 Å². The Hall–Kier alpha value is -2.36. The number of ether oxygens (including phenoxy) is 1. The number of rotatable bonds is 4. The summed E-state index contributed by atoms with van der Waals surface area (Å²) >= 11 is 0. The van der Waals surface area contributed by atoms with Crippen LogP contribution in [0.4, 0.5) is 0 Å². The van der Waals surface area contributed by atoms with E-state index >= 15 is 0 Å². The summed E-state index contributed by atoms with van der Waals surface area (Å²) in [6.07, 6.45) is 4.63. The highest BCUT2D eigenvalue weighted by atomic mass is 16.5. The molecule has 0 radical (unpaired) electrons. The highest BCUT2D eigenvalue weighted by Gasteiger charge is 2.24. The van der Waals surface area contributed by atoms with Crippen LogP contribution in [0.15, 0.2) is 48.6 Å². The molecule has 116 valence electrons. The van der Waals surface area contributed by atoms with E-state index in [1.807, 2.05) is 36.4 Å². The Morgan fingerprint density at radius 2 is 1.86 bits per heavy atom. The van der Waals surface area contributed by atoms with Crippen molar-refractivity contribution >= 4 is 18.0 Å². The quantitative estimate of drug-likeness (QED) is 0.634. The predicted molar refractivity (Wildman–Crippen MR) is 86.0 cm³/mol. The Kier molecular flexibility index (Phi) is 5.53. The van der Waals surface area contributed by atoms with Gasteiger partial charge in [-0.15, -0.1) is 0 Å². The third-order valence-corrected chi connectivity index (χ3v) is 3.59. The van der Waals surface area contributed by atoms with Crippen LogP contribution in [0.3, 0.4) is 0 Å². The molecule has 4 nitrogen and oxygen atoms in total. The maximum absolute atomic E-state index is 12.1. The summed E-state index contributed by atoms with van der Waals surface area (Å²) in [6.45, 7) is 6.41. The van der Waals surface area contributed by atoms with E-state index in [1.54, 1.807) is 17.9 Å². The van der Waals surface area contributed by atoms with Gasteiger partial charge >= 0.3 is 5.97 Å². The van der Waals surface area contributed by atoms with Crippen molar-refractivity contribution in [2.45, 2.75) is 25.9 Å². The molecule has 4 heteroatoms. The van der Waals surface area contributed by atoms with Crippen molar-refractivity contribution in [1.29, 1.82) is 0 Å². The highest BCUT2D eigenvalue weighted by molar-refractivity contribution is 5.91. The van der Waals surface area contributed by atoms with E-state index in [4.69, 9.17) is 4.74 Å². The zero-order valence-corrected chi connectivity index (χ0v) is 12.8. The standard InChI is InChI=1S/C18H21NO3/c1-14(2)18(21)22-16-10-12-19(13-11-16)17(20)9-8-15-6-4-3-5-7-15/h3-9,16H,1,10-13H2,2H3/b9-8+. The van der Waals surface area contributed by atoms with Gasteiger partial charge in [0.1, 0.15) is 6.10 Å². The molecule has 0 spiro atoms. The van der Waals surface area contributed by atoms with Crippen LogP contribution in [0, 0.1) is 0 Å². The van der Waals surface area contributed by atoms with Gasteiger partial charge < -0.3 is 9.64 Å². The number of amides is 1. The molecule has 1 aromatic carbocycles. The van der Waals surface area contributed by atoms with Gasteiger partial charge in [-0.2, -0.15) is 0 Å². The minimum atomic E-state index is -0.353. The smallest absolute Gasteiger partial charge is 0.333 e. The summed E-state index contributed by atoms with van der Waals surface area (Å²) in [5.74, 6) is -0.359. The van der Waals surface area contributed by atoms with E-state index in [1.165, 1.54) is 0 Å². The van der Waals surface area contributed by atoms with E-state index < -0.39 is 0 Å². The van der Waals surface area contributed by atoms with E-state index in [0.29, 0.717) is 31.5 Å². The van der Waals surface area contributed by atoms with Gasteiger partial charge in [-0.25, -0.2) is 4.79 Å². The van der Waals surface area contributed by atoms with Crippen molar-refractivity contribution in [3.8, 4) is 0 Å². The minimum Gasteiger partial charge on any atom is -0.459 e. The van der Waals surface area contributed by atoms with E-state index in [0.717, 1.165) is 5.56 Å². The lowest BCUT2D eigenvalue weighted by Crippen LogP contribution is -2.40. The first kappa shape index (κ1) is 16.0. The van der Waals surface area contributed by atoms with E-state index in [2.05, 4.69) is 6.58 Å². The van der Waals surface area contributed by atoms with Gasteiger partial charge in [0.15, 0.2) is 0 Å². The molecule has 22 heavy (non-hydrogen) atoms. The van der Waals surface area contributed by atoms with Crippen LogP contribution >= 0.6 is 0 Å². The van der Waals surface area contributed by atoms with Crippen molar-refractivity contribution in [2.24, 2.45) is 0 Å². The number of carbonyl (C=O) groups is 2. The number of piperidine rings is 1. The largest absolute Gasteiger partial charge is 0.459 e. The van der Waals surface area contributed by atoms with Crippen molar-refractivity contribution < 1.29 is 14.3 Å². The van der Waals surface area contributed by atoms with Gasteiger partial charge in [-0.1, -0.05) is 36.9 Å². The molecule has 0 atom stereocenters. The normalized spacial score (nSPS) is 15.8. The fraction of sp³-hybridized carbons (Fsp3) is 0.333. The summed E-state index contributed by atoms with van der Waals surface area (Å²) in [4.78, 5) is 25.4. The number of hydrogen-bond acceptors (Lipinski definition) is 3. The molecule has 1 aromatic rings.